The molecule has 0 saturated heterocycles. The Morgan fingerprint density at radius 2 is 1.88 bits per heavy atom. The van der Waals surface area contributed by atoms with Crippen molar-refractivity contribution in [2.45, 2.75) is 45.1 Å². The fourth-order valence-electron chi connectivity index (χ4n) is 4.96. The number of nitrogens with zero attached hydrogens (tertiary/aromatic N) is 5. The predicted molar refractivity (Wildman–Crippen MR) is 116 cm³/mol. The second-order valence-corrected chi connectivity index (χ2v) is 8.86. The third-order valence-electron chi connectivity index (χ3n) is 6.30. The molecular weight excluding hydrogens is 428 g/mol. The fourth-order valence-corrected chi connectivity index (χ4v) is 4.96. The van der Waals surface area contributed by atoms with Crippen LogP contribution in [0.1, 0.15) is 48.1 Å². The monoisotopic (exact) mass is 447 g/mol. The summed E-state index contributed by atoms with van der Waals surface area (Å²) in [4.78, 5) is 8.77. The average Bonchev–Trinajstić information content (AvgIpc) is 3.15. The van der Waals surface area contributed by atoms with Crippen molar-refractivity contribution < 1.29 is 13.5 Å². The van der Waals surface area contributed by atoms with Gasteiger partial charge in [0.25, 0.3) is 6.43 Å². The summed E-state index contributed by atoms with van der Waals surface area (Å²) in [5, 5.41) is 27.6. The highest BCUT2D eigenvalue weighted by Crippen LogP contribution is 2.67. The number of halogens is 2. The molecule has 3 fully saturated rings. The zero-order chi connectivity index (χ0) is 23.4. The number of ether oxygens (including phenoxy) is 1. The van der Waals surface area contributed by atoms with Crippen LogP contribution in [-0.4, -0.2) is 25.7 Å². The molecule has 33 heavy (non-hydrogen) atoms. The number of aromatic amines is 1. The van der Waals surface area contributed by atoms with Gasteiger partial charge in [0, 0.05) is 11.6 Å². The minimum atomic E-state index is -2.84. The van der Waals surface area contributed by atoms with Crippen molar-refractivity contribution in [2.24, 2.45) is 5.41 Å². The van der Waals surface area contributed by atoms with E-state index in [9.17, 15) is 14.0 Å². The first kappa shape index (κ1) is 20.8. The highest BCUT2D eigenvalue weighted by molar-refractivity contribution is 5.85. The molecule has 2 heterocycles. The van der Waals surface area contributed by atoms with Gasteiger partial charge >= 0.3 is 0 Å². The Kier molecular flexibility index (Phi) is 4.57. The molecule has 0 amide bonds. The molecule has 3 saturated carbocycles. The lowest BCUT2D eigenvalue weighted by Crippen LogP contribution is -2.70. The van der Waals surface area contributed by atoms with E-state index in [2.05, 4.69) is 31.6 Å². The Bertz CT molecular complexity index is 1350. The van der Waals surface area contributed by atoms with E-state index in [0.29, 0.717) is 25.0 Å². The lowest BCUT2D eigenvalue weighted by atomic mass is 9.40. The summed E-state index contributed by atoms with van der Waals surface area (Å²) in [6, 6.07) is 7.97. The Morgan fingerprint density at radius 3 is 2.48 bits per heavy atom. The normalized spacial score (nSPS) is 23.1. The number of allylic oxidation sites excluding steroid dienone is 1. The molecule has 8 nitrogen and oxygen atoms in total. The van der Waals surface area contributed by atoms with Crippen LogP contribution >= 0.6 is 0 Å². The van der Waals surface area contributed by atoms with Gasteiger partial charge in [0.1, 0.15) is 16.8 Å². The van der Waals surface area contributed by atoms with Crippen LogP contribution in [0.4, 0.5) is 14.7 Å². The molecule has 2 N–H and O–H groups in total. The average molecular weight is 447 g/mol. The minimum absolute atomic E-state index is 0.0221. The van der Waals surface area contributed by atoms with Gasteiger partial charge in [-0.3, -0.25) is 5.10 Å². The van der Waals surface area contributed by atoms with E-state index in [1.165, 1.54) is 6.08 Å². The first-order valence-corrected chi connectivity index (χ1v) is 10.4. The van der Waals surface area contributed by atoms with E-state index < -0.39 is 12.1 Å². The van der Waals surface area contributed by atoms with Gasteiger partial charge in [-0.15, -0.1) is 0 Å². The van der Waals surface area contributed by atoms with Gasteiger partial charge < -0.3 is 10.1 Å². The van der Waals surface area contributed by atoms with Crippen LogP contribution in [0.2, 0.25) is 0 Å². The summed E-state index contributed by atoms with van der Waals surface area (Å²) in [5.41, 5.74) is 1.49. The van der Waals surface area contributed by atoms with E-state index in [1.807, 2.05) is 32.0 Å². The summed E-state index contributed by atoms with van der Waals surface area (Å²) in [6.45, 7) is 3.66. The number of nitrogens with one attached hydrogen (secondary N) is 2. The molecule has 3 aliphatic carbocycles. The molecule has 3 aliphatic rings. The molecule has 1 aromatic carbocycles. The molecule has 166 valence electrons. The Hall–Kier alpha value is -4.05. The van der Waals surface area contributed by atoms with Crippen LogP contribution in [0, 0.1) is 41.9 Å². The number of benzene rings is 1. The van der Waals surface area contributed by atoms with E-state index in [4.69, 9.17) is 10.00 Å². The minimum Gasteiger partial charge on any atom is -0.437 e. The molecule has 0 unspecified atom stereocenters. The highest BCUT2D eigenvalue weighted by Gasteiger charge is 2.69. The maximum absolute atomic E-state index is 13.6. The molecule has 2 aromatic heterocycles. The summed E-state index contributed by atoms with van der Waals surface area (Å²) in [7, 11) is 0. The number of aromatic nitrogens is 4. The highest BCUT2D eigenvalue weighted by atomic mass is 19.3. The fraction of sp³-hybridized carbons (Fsp3) is 0.348. The molecule has 10 heteroatoms. The summed E-state index contributed by atoms with van der Waals surface area (Å²) in [6.07, 6.45) is 2.33. The number of fused-ring (bicyclic) bond motifs is 1. The lowest BCUT2D eigenvalue weighted by Gasteiger charge is -2.66. The molecule has 3 aromatic rings. The number of alkyl halides is 2. The first-order valence-electron chi connectivity index (χ1n) is 10.4. The van der Waals surface area contributed by atoms with Crippen LogP contribution in [0.5, 0.6) is 11.6 Å². The lowest BCUT2D eigenvalue weighted by molar-refractivity contribution is -0.0665. The summed E-state index contributed by atoms with van der Waals surface area (Å²) in [5.74, 6) is 0.683. The van der Waals surface area contributed by atoms with Crippen LogP contribution < -0.4 is 10.1 Å². The van der Waals surface area contributed by atoms with Gasteiger partial charge in [-0.1, -0.05) is 0 Å². The van der Waals surface area contributed by atoms with Gasteiger partial charge in [0.05, 0.1) is 17.6 Å². The second-order valence-electron chi connectivity index (χ2n) is 8.86. The quantitative estimate of drug-likeness (QED) is 0.504. The van der Waals surface area contributed by atoms with Gasteiger partial charge in [0.2, 0.25) is 11.8 Å². The number of H-pyrrole nitrogens is 1. The van der Waals surface area contributed by atoms with E-state index in [0.717, 1.165) is 16.7 Å². The van der Waals surface area contributed by atoms with Crippen molar-refractivity contribution in [3.63, 3.8) is 0 Å². The predicted octanol–water partition coefficient (Wildman–Crippen LogP) is 5.09. The number of hydrogen-bond donors (Lipinski definition) is 2. The van der Waals surface area contributed by atoms with Crippen molar-refractivity contribution in [1.29, 1.82) is 10.5 Å². The zero-order valence-corrected chi connectivity index (χ0v) is 17.9. The van der Waals surface area contributed by atoms with E-state index in [1.54, 1.807) is 6.08 Å². The topological polar surface area (TPSA) is 123 Å². The van der Waals surface area contributed by atoms with Crippen molar-refractivity contribution in [3.8, 4) is 23.8 Å². The number of rotatable bonds is 6. The summed E-state index contributed by atoms with van der Waals surface area (Å²) < 4.78 is 33.4. The van der Waals surface area contributed by atoms with Crippen LogP contribution in [0.3, 0.4) is 0 Å². The van der Waals surface area contributed by atoms with Crippen LogP contribution in [-0.2, 0) is 0 Å². The Morgan fingerprint density at radius 1 is 1.18 bits per heavy atom. The van der Waals surface area contributed by atoms with Crippen LogP contribution in [0.25, 0.3) is 17.1 Å². The smallest absolute Gasteiger partial charge is 0.283 e. The first-order chi connectivity index (χ1) is 15.8. The van der Waals surface area contributed by atoms with Crippen molar-refractivity contribution >= 4 is 23.1 Å². The molecular formula is C23H19F2N7O. The third-order valence-corrected chi connectivity index (χ3v) is 6.30. The zero-order valence-electron chi connectivity index (χ0n) is 17.9. The molecule has 0 aliphatic heterocycles. The number of nitriles is 2. The maximum atomic E-state index is 13.6. The van der Waals surface area contributed by atoms with Gasteiger partial charge in [0.15, 0.2) is 5.65 Å². The van der Waals surface area contributed by atoms with E-state index in [-0.39, 0.29) is 33.8 Å². The molecule has 6 rings (SSSR count). The van der Waals surface area contributed by atoms with E-state index >= 15 is 0 Å². The molecule has 2 bridgehead atoms. The molecule has 0 radical (unpaired) electrons. The largest absolute Gasteiger partial charge is 0.437 e. The molecule has 0 spiro atoms. The summed E-state index contributed by atoms with van der Waals surface area (Å²) >= 11 is 0. The van der Waals surface area contributed by atoms with Crippen LogP contribution in [0.15, 0.2) is 18.2 Å². The maximum Gasteiger partial charge on any atom is 0.283 e. The SMILES string of the molecule is Cc1cc(/C=C/C#N)cc(C)c1Oc1nc(NC23CC(C#N)(C2)C3)nc2[nH]nc(C(F)F)c12. The molecule has 0 atom stereocenters. The third kappa shape index (κ3) is 3.35. The van der Waals surface area contributed by atoms with Gasteiger partial charge in [-0.2, -0.15) is 25.6 Å². The van der Waals surface area contributed by atoms with Crippen molar-refractivity contribution in [3.05, 3.63) is 40.6 Å². The van der Waals surface area contributed by atoms with Crippen molar-refractivity contribution in [2.75, 3.05) is 5.32 Å². The van der Waals surface area contributed by atoms with Gasteiger partial charge in [-0.25, -0.2) is 8.78 Å². The Balaban J connectivity index is 1.54. The Labute approximate surface area is 187 Å². The van der Waals surface area contributed by atoms with Crippen molar-refractivity contribution in [1.82, 2.24) is 20.2 Å². The number of anilines is 1. The number of aryl methyl sites for hydroxylation is 2. The number of hydrogen-bond acceptors (Lipinski definition) is 7. The van der Waals surface area contributed by atoms with Gasteiger partial charge in [-0.05, 0) is 68.0 Å². The standard InChI is InChI=1S/C23H19F2N7O/c1-12-6-14(4-3-5-26)7-13(2)17(12)33-20-15-16(18(24)25)31-32-19(15)28-21(29-20)30-23-8-22(9-23,10-23)11-27/h3-4,6-7,18H,8-10H2,1-2H3,(H2,28,29,30,31,32)/b4-3+. The second kappa shape index (κ2) is 7.24.